The first-order valence-electron chi connectivity index (χ1n) is 4.43. The molecule has 0 aliphatic heterocycles. The minimum Gasteiger partial charge on any atom is -0.258 e. The average Bonchev–Trinajstić information content (AvgIpc) is 2.67. The van der Waals surface area contributed by atoms with E-state index < -0.39 is 0 Å². The van der Waals surface area contributed by atoms with Crippen molar-refractivity contribution in [1.29, 1.82) is 0 Å². The second kappa shape index (κ2) is 4.92. The van der Waals surface area contributed by atoms with Crippen LogP contribution in [0.2, 0.25) is 0 Å². The number of nitrogens with zero attached hydrogens (tertiary/aromatic N) is 1. The van der Waals surface area contributed by atoms with E-state index in [1.807, 2.05) is 11.8 Å². The highest BCUT2D eigenvalue weighted by atomic mass is 32.2. The van der Waals surface area contributed by atoms with Gasteiger partial charge in [-0.2, -0.15) is 16.9 Å². The molecule has 0 unspecified atom stereocenters. The Hall–Kier alpha value is -0.650. The molecular weight excluding hydrogens is 244 g/mol. The number of H-pyrrole nitrogens is 1. The zero-order valence-corrected chi connectivity index (χ0v) is 10.6. The van der Waals surface area contributed by atoms with E-state index in [0.29, 0.717) is 0 Å². The molecule has 1 aromatic heterocycles. The molecule has 1 N–H and O–H groups in total. The summed E-state index contributed by atoms with van der Waals surface area (Å²) in [4.78, 5) is 0. The Morgan fingerprint density at radius 1 is 1.40 bits per heavy atom. The number of hydrogen-bond acceptors (Lipinski definition) is 4. The molecule has 0 spiro atoms. The fourth-order valence-electron chi connectivity index (χ4n) is 1.26. The van der Waals surface area contributed by atoms with Gasteiger partial charge in [0.25, 0.3) is 0 Å². The molecule has 5 heteroatoms. The molecule has 0 atom stereocenters. The summed E-state index contributed by atoms with van der Waals surface area (Å²) in [6, 6.07) is 8.45. The van der Waals surface area contributed by atoms with Crippen LogP contribution in [0.3, 0.4) is 0 Å². The van der Waals surface area contributed by atoms with Crippen LogP contribution in [0, 0.1) is 3.95 Å². The van der Waals surface area contributed by atoms with Crippen LogP contribution in [-0.2, 0) is 5.75 Å². The Balaban J connectivity index is 2.27. The van der Waals surface area contributed by atoms with E-state index in [4.69, 9.17) is 12.2 Å². The molecular formula is C10H10N2S3. The molecule has 2 aromatic rings. The molecule has 0 saturated heterocycles. The van der Waals surface area contributed by atoms with Crippen LogP contribution >= 0.6 is 35.3 Å². The Labute approximate surface area is 102 Å². The van der Waals surface area contributed by atoms with Gasteiger partial charge in [-0.15, -0.1) is 0 Å². The Bertz CT molecular complexity index is 484. The lowest BCUT2D eigenvalue weighted by Gasteiger charge is -1.99. The fraction of sp³-hybridized carbons (Fsp3) is 0.200. The standard InChI is InChI=1S/C10H10N2S3/c1-14-6-7-2-4-8(5-3-7)9-11-12-10(13)15-9/h2-5H,6H2,1H3,(H,12,13). The van der Waals surface area contributed by atoms with Gasteiger partial charge in [0.15, 0.2) is 3.95 Å². The van der Waals surface area contributed by atoms with Crippen LogP contribution in [0.5, 0.6) is 0 Å². The summed E-state index contributed by atoms with van der Waals surface area (Å²) in [6.45, 7) is 0. The lowest BCUT2D eigenvalue weighted by Crippen LogP contribution is -1.81. The number of rotatable bonds is 3. The minimum atomic E-state index is 0.721. The van der Waals surface area contributed by atoms with Crippen LogP contribution < -0.4 is 0 Å². The topological polar surface area (TPSA) is 28.7 Å². The fourth-order valence-corrected chi connectivity index (χ4v) is 2.68. The van der Waals surface area contributed by atoms with E-state index in [0.717, 1.165) is 20.3 Å². The van der Waals surface area contributed by atoms with Crippen LogP contribution in [-0.4, -0.2) is 16.5 Å². The highest BCUT2D eigenvalue weighted by molar-refractivity contribution is 7.97. The van der Waals surface area contributed by atoms with Crippen molar-refractivity contribution in [1.82, 2.24) is 10.2 Å². The summed E-state index contributed by atoms with van der Waals surface area (Å²) in [6.07, 6.45) is 2.10. The largest absolute Gasteiger partial charge is 0.258 e. The monoisotopic (exact) mass is 254 g/mol. The van der Waals surface area contributed by atoms with Gasteiger partial charge in [0.2, 0.25) is 0 Å². The molecule has 1 aromatic carbocycles. The normalized spacial score (nSPS) is 10.5. The van der Waals surface area contributed by atoms with E-state index in [1.165, 1.54) is 16.9 Å². The van der Waals surface area contributed by atoms with Crippen LogP contribution in [0.15, 0.2) is 24.3 Å². The highest BCUT2D eigenvalue weighted by Crippen LogP contribution is 2.22. The number of benzene rings is 1. The Morgan fingerprint density at radius 2 is 2.13 bits per heavy atom. The van der Waals surface area contributed by atoms with Crippen LogP contribution in [0.25, 0.3) is 10.6 Å². The third-order valence-corrected chi connectivity index (χ3v) is 3.71. The first-order chi connectivity index (χ1) is 7.29. The van der Waals surface area contributed by atoms with Gasteiger partial charge in [-0.05, 0) is 24.0 Å². The van der Waals surface area contributed by atoms with Crippen molar-refractivity contribution in [2.45, 2.75) is 5.75 Å². The number of nitrogens with one attached hydrogen (secondary N) is 1. The van der Waals surface area contributed by atoms with E-state index >= 15 is 0 Å². The summed E-state index contributed by atoms with van der Waals surface area (Å²) < 4.78 is 0.721. The van der Waals surface area contributed by atoms with Gasteiger partial charge >= 0.3 is 0 Å². The lowest BCUT2D eigenvalue weighted by atomic mass is 10.2. The molecule has 0 radical (unpaired) electrons. The summed E-state index contributed by atoms with van der Waals surface area (Å²) >= 11 is 8.33. The van der Waals surface area contributed by atoms with E-state index in [1.54, 1.807) is 0 Å². The predicted octanol–water partition coefficient (Wildman–Crippen LogP) is 3.73. The van der Waals surface area contributed by atoms with Crippen molar-refractivity contribution >= 4 is 35.3 Å². The Kier molecular flexibility index (Phi) is 3.56. The van der Waals surface area contributed by atoms with E-state index in [2.05, 4.69) is 40.7 Å². The third kappa shape index (κ3) is 2.68. The second-order valence-electron chi connectivity index (χ2n) is 3.05. The zero-order chi connectivity index (χ0) is 10.7. The molecule has 0 saturated carbocycles. The molecule has 0 fully saturated rings. The summed E-state index contributed by atoms with van der Waals surface area (Å²) in [5.74, 6) is 1.05. The van der Waals surface area contributed by atoms with Gasteiger partial charge in [-0.3, -0.25) is 5.10 Å². The number of aromatic nitrogens is 2. The molecule has 0 amide bonds. The average molecular weight is 254 g/mol. The lowest BCUT2D eigenvalue weighted by molar-refractivity contribution is 1.08. The van der Waals surface area contributed by atoms with Crippen molar-refractivity contribution in [3.8, 4) is 10.6 Å². The van der Waals surface area contributed by atoms with Crippen molar-refractivity contribution in [3.63, 3.8) is 0 Å². The maximum atomic E-state index is 5.00. The smallest absolute Gasteiger partial charge is 0.176 e. The first kappa shape index (κ1) is 10.9. The third-order valence-electron chi connectivity index (χ3n) is 1.95. The van der Waals surface area contributed by atoms with Gasteiger partial charge in [0.1, 0.15) is 5.01 Å². The summed E-state index contributed by atoms with van der Waals surface area (Å²) in [5, 5.41) is 7.89. The number of thioether (sulfide) groups is 1. The minimum absolute atomic E-state index is 0.721. The van der Waals surface area contributed by atoms with Gasteiger partial charge in [-0.25, -0.2) is 0 Å². The zero-order valence-electron chi connectivity index (χ0n) is 8.19. The van der Waals surface area contributed by atoms with Crippen molar-refractivity contribution in [2.75, 3.05) is 6.26 Å². The molecule has 1 heterocycles. The summed E-state index contributed by atoms with van der Waals surface area (Å²) in [7, 11) is 0. The van der Waals surface area contributed by atoms with E-state index in [-0.39, 0.29) is 0 Å². The molecule has 2 rings (SSSR count). The molecule has 0 bridgehead atoms. The van der Waals surface area contributed by atoms with Crippen molar-refractivity contribution < 1.29 is 0 Å². The van der Waals surface area contributed by atoms with Gasteiger partial charge in [0, 0.05) is 11.3 Å². The number of aromatic amines is 1. The predicted molar refractivity (Wildman–Crippen MR) is 70.0 cm³/mol. The number of hydrogen-bond donors (Lipinski definition) is 1. The Morgan fingerprint density at radius 3 is 2.67 bits per heavy atom. The van der Waals surface area contributed by atoms with Gasteiger partial charge < -0.3 is 0 Å². The molecule has 0 aliphatic carbocycles. The molecule has 0 aliphatic rings. The van der Waals surface area contributed by atoms with Gasteiger partial charge in [0.05, 0.1) is 0 Å². The van der Waals surface area contributed by atoms with Crippen LogP contribution in [0.1, 0.15) is 5.56 Å². The van der Waals surface area contributed by atoms with Gasteiger partial charge in [-0.1, -0.05) is 35.6 Å². The highest BCUT2D eigenvalue weighted by Gasteiger charge is 2.01. The summed E-state index contributed by atoms with van der Waals surface area (Å²) in [5.41, 5.74) is 2.46. The second-order valence-corrected chi connectivity index (χ2v) is 5.58. The maximum Gasteiger partial charge on any atom is 0.176 e. The molecule has 15 heavy (non-hydrogen) atoms. The molecule has 2 nitrogen and oxygen atoms in total. The quantitative estimate of drug-likeness (QED) is 0.846. The van der Waals surface area contributed by atoms with Crippen molar-refractivity contribution in [2.24, 2.45) is 0 Å². The van der Waals surface area contributed by atoms with E-state index in [9.17, 15) is 0 Å². The van der Waals surface area contributed by atoms with Crippen LogP contribution in [0.4, 0.5) is 0 Å². The van der Waals surface area contributed by atoms with Crippen molar-refractivity contribution in [3.05, 3.63) is 33.8 Å². The SMILES string of the molecule is CSCc1ccc(-c2n[nH]c(=S)s2)cc1. The first-order valence-corrected chi connectivity index (χ1v) is 7.05. The molecule has 78 valence electrons. The maximum absolute atomic E-state index is 5.00.